The zero-order valence-corrected chi connectivity index (χ0v) is 19.1. The monoisotopic (exact) mass is 462 g/mol. The summed E-state index contributed by atoms with van der Waals surface area (Å²) in [6.07, 6.45) is 6.11. The van der Waals surface area contributed by atoms with E-state index in [-0.39, 0.29) is 29.4 Å². The summed E-state index contributed by atoms with van der Waals surface area (Å²) in [4.78, 5) is 15.1. The molecule has 2 aliphatic rings. The molecule has 4 rings (SSSR count). The molecule has 1 aliphatic heterocycles. The molecule has 1 aromatic heterocycles. The van der Waals surface area contributed by atoms with Crippen molar-refractivity contribution in [1.82, 2.24) is 25.1 Å². The van der Waals surface area contributed by atoms with E-state index >= 15 is 0 Å². The normalized spacial score (nSPS) is 19.0. The van der Waals surface area contributed by atoms with Crippen LogP contribution in [0.15, 0.2) is 29.4 Å². The van der Waals surface area contributed by atoms with Gasteiger partial charge in [-0.25, -0.2) is 9.07 Å². The van der Waals surface area contributed by atoms with Gasteiger partial charge in [-0.2, -0.15) is 0 Å². The second-order valence-electron chi connectivity index (χ2n) is 8.49. The van der Waals surface area contributed by atoms with Crippen LogP contribution < -0.4 is 11.2 Å². The number of nitrogens with one attached hydrogen (secondary N) is 1. The highest BCUT2D eigenvalue weighted by molar-refractivity contribution is 7.99. The first-order chi connectivity index (χ1) is 15.6. The molecule has 174 valence electrons. The molecule has 0 bridgehead atoms. The van der Waals surface area contributed by atoms with E-state index in [0.717, 1.165) is 39.1 Å². The second-order valence-corrected chi connectivity index (χ2v) is 9.43. The van der Waals surface area contributed by atoms with Crippen molar-refractivity contribution in [2.75, 3.05) is 44.4 Å². The number of ether oxygens (including phenoxy) is 1. The Morgan fingerprint density at radius 1 is 1.19 bits per heavy atom. The van der Waals surface area contributed by atoms with Gasteiger partial charge in [0.25, 0.3) is 0 Å². The highest BCUT2D eigenvalue weighted by Gasteiger charge is 2.38. The Hall–Kier alpha value is -2.17. The van der Waals surface area contributed by atoms with Crippen LogP contribution in [-0.2, 0) is 16.0 Å². The molecular formula is C22H31FN6O2S. The molecule has 10 heteroatoms. The maximum Gasteiger partial charge on any atom is 0.230 e. The molecule has 8 nitrogen and oxygen atoms in total. The predicted molar refractivity (Wildman–Crippen MR) is 121 cm³/mol. The molecule has 0 atom stereocenters. The van der Waals surface area contributed by atoms with Crippen LogP contribution in [0.2, 0.25) is 0 Å². The number of morpholine rings is 1. The number of carbonyl (C=O) groups excluding carboxylic acids is 1. The van der Waals surface area contributed by atoms with E-state index in [0.29, 0.717) is 23.1 Å². The number of nitrogens with zero attached hydrogens (tertiary/aromatic N) is 4. The van der Waals surface area contributed by atoms with Gasteiger partial charge in [0.2, 0.25) is 11.1 Å². The number of nitrogens with two attached hydrogens (primary N) is 1. The van der Waals surface area contributed by atoms with Gasteiger partial charge in [-0.15, -0.1) is 10.2 Å². The fourth-order valence-corrected chi connectivity index (χ4v) is 5.34. The molecule has 1 saturated carbocycles. The van der Waals surface area contributed by atoms with Gasteiger partial charge in [-0.05, 0) is 24.5 Å². The molecule has 2 aromatic rings. The molecule has 0 spiro atoms. The summed E-state index contributed by atoms with van der Waals surface area (Å²) in [5.41, 5.74) is 0.533. The summed E-state index contributed by atoms with van der Waals surface area (Å²) < 4.78 is 20.8. The summed E-state index contributed by atoms with van der Waals surface area (Å²) in [5, 5.41) is 11.7. The zero-order chi connectivity index (χ0) is 22.4. The Morgan fingerprint density at radius 3 is 2.69 bits per heavy atom. The average Bonchev–Trinajstić information content (AvgIpc) is 3.18. The predicted octanol–water partition coefficient (Wildman–Crippen LogP) is 1.97. The van der Waals surface area contributed by atoms with E-state index in [9.17, 15) is 9.18 Å². The summed E-state index contributed by atoms with van der Waals surface area (Å²) in [6, 6.07) is 6.51. The van der Waals surface area contributed by atoms with Crippen LogP contribution in [0, 0.1) is 5.82 Å². The minimum atomic E-state index is -0.305. The molecular weight excluding hydrogens is 431 g/mol. The summed E-state index contributed by atoms with van der Waals surface area (Å²) in [6.45, 7) is 4.01. The third-order valence-corrected chi connectivity index (χ3v) is 7.40. The maximum atomic E-state index is 13.9. The molecule has 32 heavy (non-hydrogen) atoms. The SMILES string of the molecule is Nn1c(Cc2ccccc2F)nnc1SCC(=O)NCC1(N2CCOCC2)CCCCC1. The molecule has 2 fully saturated rings. The number of benzene rings is 1. The van der Waals surface area contributed by atoms with E-state index in [4.69, 9.17) is 10.6 Å². The third kappa shape index (κ3) is 5.41. The van der Waals surface area contributed by atoms with Gasteiger partial charge in [0.1, 0.15) is 5.82 Å². The zero-order valence-electron chi connectivity index (χ0n) is 18.3. The maximum absolute atomic E-state index is 13.9. The second kappa shape index (κ2) is 10.6. The Kier molecular flexibility index (Phi) is 7.64. The van der Waals surface area contributed by atoms with Gasteiger partial charge in [0, 0.05) is 31.6 Å². The van der Waals surface area contributed by atoms with Crippen molar-refractivity contribution >= 4 is 17.7 Å². The molecule has 1 amide bonds. The van der Waals surface area contributed by atoms with Gasteiger partial charge < -0.3 is 15.9 Å². The lowest BCUT2D eigenvalue weighted by atomic mass is 9.79. The average molecular weight is 463 g/mol. The Bertz CT molecular complexity index is 912. The van der Waals surface area contributed by atoms with Crippen molar-refractivity contribution in [1.29, 1.82) is 0 Å². The quantitative estimate of drug-likeness (QED) is 0.457. The van der Waals surface area contributed by atoms with Crippen molar-refractivity contribution in [3.8, 4) is 0 Å². The van der Waals surface area contributed by atoms with Gasteiger partial charge >= 0.3 is 0 Å². The number of rotatable bonds is 8. The molecule has 1 aromatic carbocycles. The summed E-state index contributed by atoms with van der Waals surface area (Å²) in [5.74, 6) is 6.39. The topological polar surface area (TPSA) is 98.3 Å². The van der Waals surface area contributed by atoms with Gasteiger partial charge in [-0.3, -0.25) is 9.69 Å². The highest BCUT2D eigenvalue weighted by Crippen LogP contribution is 2.34. The summed E-state index contributed by atoms with van der Waals surface area (Å²) in [7, 11) is 0. The molecule has 1 aliphatic carbocycles. The van der Waals surface area contributed by atoms with Crippen LogP contribution in [0.4, 0.5) is 4.39 Å². The van der Waals surface area contributed by atoms with Gasteiger partial charge in [-0.1, -0.05) is 49.2 Å². The minimum absolute atomic E-state index is 0.0309. The van der Waals surface area contributed by atoms with Gasteiger partial charge in [0.05, 0.1) is 19.0 Å². The number of hydrogen-bond donors (Lipinski definition) is 2. The van der Waals surface area contributed by atoms with Crippen LogP contribution >= 0.6 is 11.8 Å². The lowest BCUT2D eigenvalue weighted by molar-refractivity contribution is -0.119. The van der Waals surface area contributed by atoms with Crippen LogP contribution in [0.1, 0.15) is 43.5 Å². The number of aromatic nitrogens is 3. The third-order valence-electron chi connectivity index (χ3n) is 6.45. The lowest BCUT2D eigenvalue weighted by Gasteiger charge is -2.48. The fraction of sp³-hybridized carbons (Fsp3) is 0.591. The van der Waals surface area contributed by atoms with Crippen LogP contribution in [0.3, 0.4) is 0 Å². The standard InChI is InChI=1S/C22H31FN6O2S/c23-18-7-3-2-6-17(18)14-19-26-27-21(29(19)24)32-15-20(30)25-16-22(8-4-1-5-9-22)28-10-12-31-13-11-28/h2-3,6-7H,1,4-5,8-16,24H2,(H,25,30). The molecule has 1 saturated heterocycles. The first-order valence-corrected chi connectivity index (χ1v) is 12.2. The first-order valence-electron chi connectivity index (χ1n) is 11.2. The largest absolute Gasteiger partial charge is 0.379 e. The number of hydrogen-bond acceptors (Lipinski definition) is 7. The Morgan fingerprint density at radius 2 is 1.94 bits per heavy atom. The van der Waals surface area contributed by atoms with E-state index < -0.39 is 0 Å². The van der Waals surface area contributed by atoms with E-state index in [1.807, 2.05) is 0 Å². The van der Waals surface area contributed by atoms with Crippen molar-refractivity contribution < 1.29 is 13.9 Å². The van der Waals surface area contributed by atoms with E-state index in [1.54, 1.807) is 18.2 Å². The van der Waals surface area contributed by atoms with E-state index in [2.05, 4.69) is 20.4 Å². The number of carbonyl (C=O) groups is 1. The smallest absolute Gasteiger partial charge is 0.230 e. The number of amides is 1. The number of thioether (sulfide) groups is 1. The van der Waals surface area contributed by atoms with Crippen molar-refractivity contribution in [3.63, 3.8) is 0 Å². The number of halogens is 1. The lowest BCUT2D eigenvalue weighted by Crippen LogP contribution is -2.59. The Labute approximate surface area is 192 Å². The van der Waals surface area contributed by atoms with Gasteiger partial charge in [0.15, 0.2) is 5.82 Å². The van der Waals surface area contributed by atoms with Crippen molar-refractivity contribution in [3.05, 3.63) is 41.5 Å². The molecule has 2 heterocycles. The van der Waals surface area contributed by atoms with Crippen LogP contribution in [0.5, 0.6) is 0 Å². The molecule has 0 unspecified atom stereocenters. The first kappa shape index (κ1) is 23.0. The minimum Gasteiger partial charge on any atom is -0.379 e. The fourth-order valence-electron chi connectivity index (χ4n) is 4.63. The van der Waals surface area contributed by atoms with Crippen LogP contribution in [0.25, 0.3) is 0 Å². The highest BCUT2D eigenvalue weighted by atomic mass is 32.2. The Balaban J connectivity index is 1.31. The van der Waals surface area contributed by atoms with Crippen molar-refractivity contribution in [2.24, 2.45) is 0 Å². The molecule has 3 N–H and O–H groups in total. The summed E-state index contributed by atoms with van der Waals surface area (Å²) >= 11 is 1.24. The number of nitrogen functional groups attached to an aromatic ring is 1. The van der Waals surface area contributed by atoms with E-state index in [1.165, 1.54) is 41.8 Å². The van der Waals surface area contributed by atoms with Crippen LogP contribution in [-0.4, -0.2) is 69.8 Å². The van der Waals surface area contributed by atoms with Crippen molar-refractivity contribution in [2.45, 2.75) is 49.2 Å². The molecule has 0 radical (unpaired) electrons.